The summed E-state index contributed by atoms with van der Waals surface area (Å²) in [6.07, 6.45) is 2.81. The highest BCUT2D eigenvalue weighted by Gasteiger charge is 2.31. The van der Waals surface area contributed by atoms with Gasteiger partial charge in [-0.05, 0) is 31.1 Å². The summed E-state index contributed by atoms with van der Waals surface area (Å²) in [5.41, 5.74) is 4.75. The SMILES string of the molecule is NC(O)CCC(CCC=O)(CCC=O)CC(=O)CO. The van der Waals surface area contributed by atoms with Crippen LogP contribution in [0.2, 0.25) is 0 Å². The molecule has 0 fully saturated rings. The minimum absolute atomic E-state index is 0.0951. The predicted octanol–water partition coefficient (Wildman–Crippen LogP) is -0.0602. The molecule has 1 unspecified atom stereocenters. The van der Waals surface area contributed by atoms with E-state index in [4.69, 9.17) is 15.9 Å². The van der Waals surface area contributed by atoms with Crippen LogP contribution in [-0.2, 0) is 14.4 Å². The van der Waals surface area contributed by atoms with Crippen LogP contribution >= 0.6 is 0 Å². The van der Waals surface area contributed by atoms with Gasteiger partial charge in [0.1, 0.15) is 25.4 Å². The fourth-order valence-electron chi connectivity index (χ4n) is 2.30. The van der Waals surface area contributed by atoms with Crippen LogP contribution < -0.4 is 5.73 Å². The van der Waals surface area contributed by atoms with Gasteiger partial charge in [-0.3, -0.25) is 4.79 Å². The van der Waals surface area contributed by atoms with Crippen LogP contribution in [0.15, 0.2) is 0 Å². The summed E-state index contributed by atoms with van der Waals surface area (Å²) in [5, 5.41) is 18.0. The number of carbonyl (C=O) groups is 3. The molecule has 6 nitrogen and oxygen atoms in total. The van der Waals surface area contributed by atoms with Gasteiger partial charge in [-0.15, -0.1) is 0 Å². The highest BCUT2D eigenvalue weighted by atomic mass is 16.3. The van der Waals surface area contributed by atoms with Crippen molar-refractivity contribution in [3.8, 4) is 0 Å². The Hall–Kier alpha value is -1.11. The number of carbonyl (C=O) groups excluding carboxylic acids is 3. The van der Waals surface area contributed by atoms with Gasteiger partial charge in [0.2, 0.25) is 0 Å². The largest absolute Gasteiger partial charge is 0.389 e. The van der Waals surface area contributed by atoms with Gasteiger partial charge in [0.15, 0.2) is 5.78 Å². The molecule has 0 spiro atoms. The van der Waals surface area contributed by atoms with Crippen LogP contribution in [0.5, 0.6) is 0 Å². The van der Waals surface area contributed by atoms with Gasteiger partial charge in [-0.1, -0.05) is 0 Å². The Bertz CT molecular complexity index is 279. The first-order chi connectivity index (χ1) is 8.99. The second-order valence-electron chi connectivity index (χ2n) is 4.89. The predicted molar refractivity (Wildman–Crippen MR) is 69.2 cm³/mol. The lowest BCUT2D eigenvalue weighted by molar-refractivity contribution is -0.125. The van der Waals surface area contributed by atoms with Crippen LogP contribution in [0.1, 0.15) is 44.9 Å². The van der Waals surface area contributed by atoms with Gasteiger partial charge in [-0.2, -0.15) is 0 Å². The average molecular weight is 273 g/mol. The fourth-order valence-corrected chi connectivity index (χ4v) is 2.30. The zero-order valence-corrected chi connectivity index (χ0v) is 11.1. The summed E-state index contributed by atoms with van der Waals surface area (Å²) in [7, 11) is 0. The first-order valence-corrected chi connectivity index (χ1v) is 6.43. The van der Waals surface area contributed by atoms with Crippen LogP contribution in [0, 0.1) is 5.41 Å². The molecule has 0 aliphatic carbocycles. The third-order valence-electron chi connectivity index (χ3n) is 3.30. The maximum atomic E-state index is 11.5. The summed E-state index contributed by atoms with van der Waals surface area (Å²) >= 11 is 0. The molecule has 0 radical (unpaired) electrons. The zero-order chi connectivity index (χ0) is 14.7. The highest BCUT2D eigenvalue weighted by Crippen LogP contribution is 2.38. The molecular weight excluding hydrogens is 250 g/mol. The second-order valence-corrected chi connectivity index (χ2v) is 4.89. The van der Waals surface area contributed by atoms with Crippen molar-refractivity contribution in [1.29, 1.82) is 0 Å². The molecule has 0 amide bonds. The van der Waals surface area contributed by atoms with E-state index in [0.717, 1.165) is 12.6 Å². The molecule has 0 bridgehead atoms. The third kappa shape index (κ3) is 7.81. The van der Waals surface area contributed by atoms with Gasteiger partial charge < -0.3 is 25.5 Å². The van der Waals surface area contributed by atoms with Crippen LogP contribution in [0.25, 0.3) is 0 Å². The number of hydrogen-bond acceptors (Lipinski definition) is 6. The topological polar surface area (TPSA) is 118 Å². The molecule has 1 atom stereocenters. The Labute approximate surface area is 113 Å². The van der Waals surface area contributed by atoms with E-state index in [1.165, 1.54) is 0 Å². The van der Waals surface area contributed by atoms with Crippen molar-refractivity contribution in [1.82, 2.24) is 0 Å². The van der Waals surface area contributed by atoms with Crippen LogP contribution in [-0.4, -0.2) is 41.4 Å². The lowest BCUT2D eigenvalue weighted by Crippen LogP contribution is -2.30. The van der Waals surface area contributed by atoms with Crippen LogP contribution in [0.3, 0.4) is 0 Å². The van der Waals surface area contributed by atoms with Crippen molar-refractivity contribution < 1.29 is 24.6 Å². The number of aldehydes is 2. The van der Waals surface area contributed by atoms with E-state index in [1.54, 1.807) is 0 Å². The molecule has 4 N–H and O–H groups in total. The van der Waals surface area contributed by atoms with E-state index in [1.807, 2.05) is 0 Å². The lowest BCUT2D eigenvalue weighted by atomic mass is 9.72. The normalized spacial score (nSPS) is 13.0. The molecule has 110 valence electrons. The maximum absolute atomic E-state index is 11.5. The Balaban J connectivity index is 4.86. The van der Waals surface area contributed by atoms with Crippen molar-refractivity contribution in [2.45, 2.75) is 51.2 Å². The molecule has 6 heteroatoms. The molecule has 0 aliphatic heterocycles. The zero-order valence-electron chi connectivity index (χ0n) is 11.1. The van der Waals surface area contributed by atoms with Gasteiger partial charge in [0.05, 0.1) is 0 Å². The van der Waals surface area contributed by atoms with E-state index < -0.39 is 18.2 Å². The van der Waals surface area contributed by atoms with Gasteiger partial charge in [-0.25, -0.2) is 0 Å². The fraction of sp³-hybridized carbons (Fsp3) is 0.769. The Morgan fingerprint density at radius 1 is 1.16 bits per heavy atom. The minimum Gasteiger partial charge on any atom is -0.389 e. The number of hydrogen-bond donors (Lipinski definition) is 3. The third-order valence-corrected chi connectivity index (χ3v) is 3.30. The molecular formula is C13H23NO5. The molecule has 0 saturated carbocycles. The highest BCUT2D eigenvalue weighted by molar-refractivity contribution is 5.80. The number of nitrogens with two attached hydrogens (primary N) is 1. The number of rotatable bonds is 12. The monoisotopic (exact) mass is 273 g/mol. The van der Waals surface area contributed by atoms with Gasteiger partial charge in [0.25, 0.3) is 0 Å². The van der Waals surface area contributed by atoms with Crippen molar-refractivity contribution >= 4 is 18.4 Å². The second kappa shape index (κ2) is 9.77. The summed E-state index contributed by atoms with van der Waals surface area (Å²) in [5.74, 6) is -0.330. The average Bonchev–Trinajstić information content (AvgIpc) is 2.40. The van der Waals surface area contributed by atoms with Crippen molar-refractivity contribution in [2.24, 2.45) is 11.1 Å². The Morgan fingerprint density at radius 3 is 2.05 bits per heavy atom. The van der Waals surface area contributed by atoms with Gasteiger partial charge in [0, 0.05) is 19.3 Å². The summed E-state index contributed by atoms with van der Waals surface area (Å²) in [4.78, 5) is 32.6. The molecule has 0 rings (SSSR count). The van der Waals surface area contributed by atoms with Crippen molar-refractivity contribution in [3.05, 3.63) is 0 Å². The van der Waals surface area contributed by atoms with E-state index in [9.17, 15) is 14.4 Å². The summed E-state index contributed by atoms with van der Waals surface area (Å²) < 4.78 is 0. The van der Waals surface area contributed by atoms with E-state index in [-0.39, 0.29) is 31.5 Å². The van der Waals surface area contributed by atoms with E-state index >= 15 is 0 Å². The van der Waals surface area contributed by atoms with E-state index in [2.05, 4.69) is 0 Å². The molecule has 0 heterocycles. The van der Waals surface area contributed by atoms with Crippen LogP contribution in [0.4, 0.5) is 0 Å². The molecule has 19 heavy (non-hydrogen) atoms. The lowest BCUT2D eigenvalue weighted by Gasteiger charge is -2.33. The molecule has 0 aromatic carbocycles. The van der Waals surface area contributed by atoms with Crippen molar-refractivity contribution in [3.63, 3.8) is 0 Å². The Morgan fingerprint density at radius 2 is 1.68 bits per heavy atom. The Kier molecular flexibility index (Phi) is 9.20. The smallest absolute Gasteiger partial charge is 0.158 e. The quantitative estimate of drug-likeness (QED) is 0.339. The number of aliphatic hydroxyl groups is 2. The number of Topliss-reactive ketones (excluding diaryl/α,β-unsaturated/α-hetero) is 1. The molecule has 0 saturated heterocycles. The van der Waals surface area contributed by atoms with Gasteiger partial charge >= 0.3 is 0 Å². The maximum Gasteiger partial charge on any atom is 0.158 e. The first-order valence-electron chi connectivity index (χ1n) is 6.43. The standard InChI is InChI=1S/C13H23NO5/c14-12(19)3-6-13(4-1-7-15,5-2-8-16)9-11(18)10-17/h7-8,12,17,19H,1-6,9-10,14H2. The summed E-state index contributed by atoms with van der Waals surface area (Å²) in [6.45, 7) is -0.560. The first kappa shape index (κ1) is 17.9. The minimum atomic E-state index is -0.990. The summed E-state index contributed by atoms with van der Waals surface area (Å²) in [6, 6.07) is 0. The number of aliphatic hydroxyl groups excluding tert-OH is 2. The molecule has 0 aromatic heterocycles. The van der Waals surface area contributed by atoms with E-state index in [0.29, 0.717) is 19.3 Å². The molecule has 0 aromatic rings. The molecule has 0 aliphatic rings. The number of ketones is 1. The van der Waals surface area contributed by atoms with Crippen molar-refractivity contribution in [2.75, 3.05) is 6.61 Å².